The Hall–Kier alpha value is -1.91. The molecule has 5 heteroatoms. The molecule has 0 aliphatic heterocycles. The van der Waals surface area contributed by atoms with E-state index in [2.05, 4.69) is 22.0 Å². The van der Waals surface area contributed by atoms with Crippen molar-refractivity contribution in [3.05, 3.63) is 17.8 Å². The Balaban J connectivity index is 3.21. The molecule has 1 heterocycles. The maximum Gasteiger partial charge on any atom is 0.253 e. The summed E-state index contributed by atoms with van der Waals surface area (Å²) >= 11 is 0. The highest BCUT2D eigenvalue weighted by atomic mass is 16.5. The number of methoxy groups -OCH3 is 1. The summed E-state index contributed by atoms with van der Waals surface area (Å²) in [5.41, 5.74) is 0.833. The van der Waals surface area contributed by atoms with Gasteiger partial charge >= 0.3 is 0 Å². The molecular formula is C9H11N3O2. The van der Waals surface area contributed by atoms with Crippen LogP contribution in [-0.2, 0) is 0 Å². The molecule has 1 rings (SSSR count). The Labute approximate surface area is 81.8 Å². The summed E-state index contributed by atoms with van der Waals surface area (Å²) in [6.07, 6.45) is 1.44. The van der Waals surface area contributed by atoms with E-state index in [-0.39, 0.29) is 5.91 Å². The standard InChI is InChI=1S/C9H11N3O2/c1-10-7-5-12-8(14-3)4-6(7)9(13)11-2/h4-5H,1H2,2-3H3,(H,11,13). The molecule has 0 bridgehead atoms. The van der Waals surface area contributed by atoms with E-state index in [0.29, 0.717) is 17.1 Å². The predicted octanol–water partition coefficient (Wildman–Crippen LogP) is 0.782. The topological polar surface area (TPSA) is 63.6 Å². The largest absolute Gasteiger partial charge is 0.481 e. The van der Waals surface area contributed by atoms with E-state index in [1.165, 1.54) is 19.4 Å². The van der Waals surface area contributed by atoms with Crippen LogP contribution in [-0.4, -0.2) is 31.8 Å². The quantitative estimate of drug-likeness (QED) is 0.721. The summed E-state index contributed by atoms with van der Waals surface area (Å²) in [7, 11) is 3.03. The maximum atomic E-state index is 11.4. The molecule has 0 aliphatic carbocycles. The van der Waals surface area contributed by atoms with Crippen molar-refractivity contribution in [2.45, 2.75) is 0 Å². The fraction of sp³-hybridized carbons (Fsp3) is 0.222. The van der Waals surface area contributed by atoms with Crippen LogP contribution in [0.15, 0.2) is 17.3 Å². The van der Waals surface area contributed by atoms with Gasteiger partial charge in [0.15, 0.2) is 0 Å². The third-order valence-corrected chi connectivity index (χ3v) is 1.71. The molecule has 0 saturated carbocycles. The molecule has 0 spiro atoms. The van der Waals surface area contributed by atoms with E-state index < -0.39 is 0 Å². The number of carbonyl (C=O) groups is 1. The van der Waals surface area contributed by atoms with Gasteiger partial charge in [-0.25, -0.2) is 4.98 Å². The number of amides is 1. The summed E-state index contributed by atoms with van der Waals surface area (Å²) in [4.78, 5) is 19.0. The number of rotatable bonds is 3. The average molecular weight is 193 g/mol. The minimum atomic E-state index is -0.242. The highest BCUT2D eigenvalue weighted by Crippen LogP contribution is 2.20. The molecule has 1 amide bonds. The van der Waals surface area contributed by atoms with Gasteiger partial charge in [-0.3, -0.25) is 9.79 Å². The van der Waals surface area contributed by atoms with Gasteiger partial charge in [0.05, 0.1) is 24.6 Å². The van der Waals surface area contributed by atoms with E-state index in [1.807, 2.05) is 0 Å². The first-order valence-electron chi connectivity index (χ1n) is 3.95. The Bertz CT molecular complexity index is 363. The summed E-state index contributed by atoms with van der Waals surface area (Å²) in [6.45, 7) is 3.35. The molecule has 1 aromatic rings. The maximum absolute atomic E-state index is 11.4. The molecule has 0 aliphatic rings. The first kappa shape index (κ1) is 10.2. The molecule has 0 aromatic carbocycles. The molecule has 1 N–H and O–H groups in total. The molecular weight excluding hydrogens is 182 g/mol. The lowest BCUT2D eigenvalue weighted by molar-refractivity contribution is 0.0963. The Morgan fingerprint density at radius 1 is 1.71 bits per heavy atom. The van der Waals surface area contributed by atoms with Crippen LogP contribution in [0.2, 0.25) is 0 Å². The number of nitrogens with zero attached hydrogens (tertiary/aromatic N) is 2. The van der Waals surface area contributed by atoms with Gasteiger partial charge in [0.1, 0.15) is 0 Å². The van der Waals surface area contributed by atoms with Crippen LogP contribution in [0.25, 0.3) is 0 Å². The van der Waals surface area contributed by atoms with E-state index in [1.54, 1.807) is 7.05 Å². The molecule has 0 fully saturated rings. The summed E-state index contributed by atoms with van der Waals surface area (Å²) < 4.78 is 4.90. The number of ether oxygens (including phenoxy) is 1. The molecule has 0 saturated heterocycles. The van der Waals surface area contributed by atoms with Crippen LogP contribution in [0.1, 0.15) is 10.4 Å². The minimum absolute atomic E-state index is 0.242. The lowest BCUT2D eigenvalue weighted by Crippen LogP contribution is -2.18. The molecule has 0 unspecified atom stereocenters. The van der Waals surface area contributed by atoms with Crippen LogP contribution in [0, 0.1) is 0 Å². The number of pyridine rings is 1. The van der Waals surface area contributed by atoms with Crippen LogP contribution in [0.4, 0.5) is 5.69 Å². The summed E-state index contributed by atoms with van der Waals surface area (Å²) in [6, 6.07) is 1.52. The molecule has 0 radical (unpaired) electrons. The van der Waals surface area contributed by atoms with Crippen molar-refractivity contribution >= 4 is 18.3 Å². The molecule has 74 valence electrons. The monoisotopic (exact) mass is 193 g/mol. The van der Waals surface area contributed by atoms with E-state index in [0.717, 1.165) is 0 Å². The van der Waals surface area contributed by atoms with Crippen molar-refractivity contribution in [3.8, 4) is 5.88 Å². The predicted molar refractivity (Wildman–Crippen MR) is 53.4 cm³/mol. The average Bonchev–Trinajstić information content (AvgIpc) is 2.27. The Morgan fingerprint density at radius 2 is 2.43 bits per heavy atom. The first-order chi connectivity index (χ1) is 6.72. The highest BCUT2D eigenvalue weighted by molar-refractivity contribution is 5.99. The smallest absolute Gasteiger partial charge is 0.253 e. The fourth-order valence-corrected chi connectivity index (χ4v) is 0.983. The van der Waals surface area contributed by atoms with Crippen LogP contribution < -0.4 is 10.1 Å². The zero-order valence-electron chi connectivity index (χ0n) is 8.07. The van der Waals surface area contributed by atoms with Crippen LogP contribution in [0.3, 0.4) is 0 Å². The van der Waals surface area contributed by atoms with Crippen LogP contribution in [0.5, 0.6) is 5.88 Å². The van der Waals surface area contributed by atoms with Gasteiger partial charge in [0.2, 0.25) is 5.88 Å². The lowest BCUT2D eigenvalue weighted by atomic mass is 10.2. The first-order valence-corrected chi connectivity index (χ1v) is 3.95. The lowest BCUT2D eigenvalue weighted by Gasteiger charge is -2.05. The van der Waals surface area contributed by atoms with E-state index >= 15 is 0 Å². The van der Waals surface area contributed by atoms with Gasteiger partial charge in [0, 0.05) is 13.1 Å². The number of carbonyl (C=O) groups excluding carboxylic acids is 1. The Kier molecular flexibility index (Phi) is 3.17. The molecule has 14 heavy (non-hydrogen) atoms. The van der Waals surface area contributed by atoms with E-state index in [9.17, 15) is 4.79 Å². The minimum Gasteiger partial charge on any atom is -0.481 e. The number of aliphatic imine (C=N–C) groups is 1. The van der Waals surface area contributed by atoms with Gasteiger partial charge in [-0.1, -0.05) is 0 Å². The van der Waals surface area contributed by atoms with Crippen LogP contribution >= 0.6 is 0 Å². The number of hydrogen-bond acceptors (Lipinski definition) is 4. The van der Waals surface area contributed by atoms with Gasteiger partial charge in [0.25, 0.3) is 5.91 Å². The third-order valence-electron chi connectivity index (χ3n) is 1.71. The zero-order valence-corrected chi connectivity index (χ0v) is 8.07. The van der Waals surface area contributed by atoms with Crippen molar-refractivity contribution in [2.75, 3.05) is 14.2 Å². The third kappa shape index (κ3) is 1.87. The Morgan fingerprint density at radius 3 is 2.93 bits per heavy atom. The van der Waals surface area contributed by atoms with Gasteiger partial charge in [-0.05, 0) is 6.72 Å². The number of nitrogens with one attached hydrogen (secondary N) is 1. The summed E-state index contributed by atoms with van der Waals surface area (Å²) in [5.74, 6) is 0.129. The fourth-order valence-electron chi connectivity index (χ4n) is 0.983. The van der Waals surface area contributed by atoms with Crippen molar-refractivity contribution < 1.29 is 9.53 Å². The van der Waals surface area contributed by atoms with Gasteiger partial charge < -0.3 is 10.1 Å². The summed E-state index contributed by atoms with van der Waals surface area (Å²) in [5, 5.41) is 2.50. The normalized spacial score (nSPS) is 9.29. The molecule has 1 aromatic heterocycles. The second-order valence-electron chi connectivity index (χ2n) is 2.48. The van der Waals surface area contributed by atoms with Crippen molar-refractivity contribution in [1.29, 1.82) is 0 Å². The van der Waals surface area contributed by atoms with Gasteiger partial charge in [-0.15, -0.1) is 0 Å². The number of aromatic nitrogens is 1. The number of hydrogen-bond donors (Lipinski definition) is 1. The second-order valence-corrected chi connectivity index (χ2v) is 2.48. The SMILES string of the molecule is C=Nc1cnc(OC)cc1C(=O)NC. The van der Waals surface area contributed by atoms with E-state index in [4.69, 9.17) is 4.74 Å². The van der Waals surface area contributed by atoms with Crippen molar-refractivity contribution in [3.63, 3.8) is 0 Å². The molecule has 0 atom stereocenters. The van der Waals surface area contributed by atoms with Crippen molar-refractivity contribution in [1.82, 2.24) is 10.3 Å². The molecule has 5 nitrogen and oxygen atoms in total. The highest BCUT2D eigenvalue weighted by Gasteiger charge is 2.10. The van der Waals surface area contributed by atoms with Crippen molar-refractivity contribution in [2.24, 2.45) is 4.99 Å². The zero-order chi connectivity index (χ0) is 10.6. The van der Waals surface area contributed by atoms with Gasteiger partial charge in [-0.2, -0.15) is 0 Å². The second kappa shape index (κ2) is 4.36.